The molecule has 2 aromatic rings. The van der Waals surface area contributed by atoms with E-state index in [4.69, 9.17) is 11.6 Å². The smallest absolute Gasteiger partial charge is 0.105 e. The predicted molar refractivity (Wildman–Crippen MR) is 97.2 cm³/mol. The molecule has 24 heavy (non-hydrogen) atoms. The normalized spacial score (nSPS) is 18.0. The number of halogens is 1. The predicted octanol–water partition coefficient (Wildman–Crippen LogP) is 3.68. The lowest BCUT2D eigenvalue weighted by molar-refractivity contribution is 0.0583. The van der Waals surface area contributed by atoms with Crippen LogP contribution < -0.4 is 0 Å². The van der Waals surface area contributed by atoms with Gasteiger partial charge in [-0.15, -0.1) is 0 Å². The molecule has 130 valence electrons. The zero-order chi connectivity index (χ0) is 16.9. The van der Waals surface area contributed by atoms with E-state index < -0.39 is 0 Å². The monoisotopic (exact) mass is 347 g/mol. The number of hydrogen-bond acceptors (Lipinski definition) is 3. The Balaban J connectivity index is 1.42. The van der Waals surface area contributed by atoms with E-state index >= 15 is 0 Å². The quantitative estimate of drug-likeness (QED) is 0.866. The van der Waals surface area contributed by atoms with Crippen molar-refractivity contribution in [1.29, 1.82) is 0 Å². The van der Waals surface area contributed by atoms with Crippen LogP contribution in [0.3, 0.4) is 0 Å². The molecule has 1 saturated heterocycles. The molecule has 1 aliphatic heterocycles. The van der Waals surface area contributed by atoms with Gasteiger partial charge in [-0.3, -0.25) is 0 Å². The Morgan fingerprint density at radius 1 is 1.21 bits per heavy atom. The summed E-state index contributed by atoms with van der Waals surface area (Å²) in [6, 6.07) is 7.58. The van der Waals surface area contributed by atoms with E-state index in [0.717, 1.165) is 56.8 Å². The summed E-state index contributed by atoms with van der Waals surface area (Å²) in [5.74, 6) is 1.43. The number of hydrogen-bond donors (Lipinski definition) is 1. The second kappa shape index (κ2) is 8.15. The number of piperidine rings is 1. The summed E-state index contributed by atoms with van der Waals surface area (Å²) < 4.78 is 2.21. The van der Waals surface area contributed by atoms with Gasteiger partial charge in [0.05, 0.1) is 6.10 Å². The van der Waals surface area contributed by atoms with Gasteiger partial charge in [-0.1, -0.05) is 23.7 Å². The minimum absolute atomic E-state index is 0.346. The molecule has 2 heterocycles. The topological polar surface area (TPSA) is 41.3 Å². The summed E-state index contributed by atoms with van der Waals surface area (Å²) in [4.78, 5) is 6.77. The molecule has 0 aliphatic carbocycles. The van der Waals surface area contributed by atoms with Crippen molar-refractivity contribution < 1.29 is 5.11 Å². The minimum atomic E-state index is -0.377. The third kappa shape index (κ3) is 4.38. The van der Waals surface area contributed by atoms with Crippen molar-refractivity contribution in [2.75, 3.05) is 19.6 Å². The van der Waals surface area contributed by atoms with E-state index in [2.05, 4.69) is 14.5 Å². The van der Waals surface area contributed by atoms with Crippen LogP contribution >= 0.6 is 11.6 Å². The number of nitrogens with zero attached hydrogens (tertiary/aromatic N) is 3. The van der Waals surface area contributed by atoms with Gasteiger partial charge < -0.3 is 14.6 Å². The number of aliphatic hydroxyl groups excluding tert-OH is 1. The zero-order valence-corrected chi connectivity index (χ0v) is 15.0. The summed E-state index contributed by atoms with van der Waals surface area (Å²) in [6.45, 7) is 6.32. The first-order chi connectivity index (χ1) is 11.6. The number of rotatable bonds is 6. The van der Waals surface area contributed by atoms with Crippen LogP contribution in [0.15, 0.2) is 36.7 Å². The molecular formula is C19H26ClN3O. The van der Waals surface area contributed by atoms with Gasteiger partial charge in [0, 0.05) is 24.0 Å². The lowest BCUT2D eigenvalue weighted by atomic mass is 9.87. The molecule has 0 radical (unpaired) electrons. The Hall–Kier alpha value is -1.36. The standard InChI is InChI=1S/C19H26ClN3O/c1-15-21-9-14-23(15)11-2-10-22-12-7-17(8-13-22)19(24)16-3-5-18(20)6-4-16/h3-6,9,14,17,19,24H,2,7-8,10-13H2,1H3. The number of benzene rings is 1. The highest BCUT2D eigenvalue weighted by molar-refractivity contribution is 6.30. The average molecular weight is 348 g/mol. The van der Waals surface area contributed by atoms with Gasteiger partial charge in [0.2, 0.25) is 0 Å². The van der Waals surface area contributed by atoms with Crippen molar-refractivity contribution in [3.8, 4) is 0 Å². The van der Waals surface area contributed by atoms with E-state index in [0.29, 0.717) is 10.9 Å². The van der Waals surface area contributed by atoms with Gasteiger partial charge in [-0.05, 0) is 69.4 Å². The first-order valence-corrected chi connectivity index (χ1v) is 9.15. The molecule has 4 nitrogen and oxygen atoms in total. The van der Waals surface area contributed by atoms with Crippen LogP contribution in [0.5, 0.6) is 0 Å². The van der Waals surface area contributed by atoms with Crippen molar-refractivity contribution >= 4 is 11.6 Å². The highest BCUT2D eigenvalue weighted by Crippen LogP contribution is 2.31. The fourth-order valence-electron chi connectivity index (χ4n) is 3.53. The van der Waals surface area contributed by atoms with E-state index in [1.807, 2.05) is 43.6 Å². The molecule has 1 aliphatic rings. The van der Waals surface area contributed by atoms with E-state index in [9.17, 15) is 5.11 Å². The first-order valence-electron chi connectivity index (χ1n) is 8.77. The molecule has 5 heteroatoms. The van der Waals surface area contributed by atoms with Gasteiger partial charge >= 0.3 is 0 Å². The molecule has 0 amide bonds. The lowest BCUT2D eigenvalue weighted by Gasteiger charge is -2.34. The Labute approximate surface area is 149 Å². The van der Waals surface area contributed by atoms with E-state index in [1.165, 1.54) is 0 Å². The molecule has 1 fully saturated rings. The third-order valence-electron chi connectivity index (χ3n) is 5.09. The molecule has 1 N–H and O–H groups in total. The zero-order valence-electron chi connectivity index (χ0n) is 14.2. The number of aromatic nitrogens is 2. The van der Waals surface area contributed by atoms with E-state index in [1.54, 1.807) is 0 Å². The highest BCUT2D eigenvalue weighted by atomic mass is 35.5. The second-order valence-electron chi connectivity index (χ2n) is 6.70. The summed E-state index contributed by atoms with van der Waals surface area (Å²) in [5.41, 5.74) is 0.980. The van der Waals surface area contributed by atoms with Gasteiger partial charge in [-0.25, -0.2) is 4.98 Å². The van der Waals surface area contributed by atoms with Gasteiger partial charge in [-0.2, -0.15) is 0 Å². The van der Waals surface area contributed by atoms with Gasteiger partial charge in [0.15, 0.2) is 0 Å². The van der Waals surface area contributed by atoms with Crippen LogP contribution in [-0.2, 0) is 6.54 Å². The SMILES string of the molecule is Cc1nccn1CCCN1CCC(C(O)c2ccc(Cl)cc2)CC1. The summed E-state index contributed by atoms with van der Waals surface area (Å²) in [7, 11) is 0. The molecule has 0 bridgehead atoms. The summed E-state index contributed by atoms with van der Waals surface area (Å²) in [5, 5.41) is 11.3. The Bertz CT molecular complexity index is 632. The molecule has 0 spiro atoms. The Morgan fingerprint density at radius 2 is 1.92 bits per heavy atom. The number of likely N-dealkylation sites (tertiary alicyclic amines) is 1. The van der Waals surface area contributed by atoms with Crippen molar-refractivity contribution in [3.05, 3.63) is 53.1 Å². The maximum atomic E-state index is 10.6. The van der Waals surface area contributed by atoms with Crippen LogP contribution in [0.4, 0.5) is 0 Å². The molecule has 0 saturated carbocycles. The second-order valence-corrected chi connectivity index (χ2v) is 7.13. The van der Waals surface area contributed by atoms with Crippen LogP contribution in [0.25, 0.3) is 0 Å². The lowest BCUT2D eigenvalue weighted by Crippen LogP contribution is -2.36. The number of aryl methyl sites for hydroxylation is 2. The highest BCUT2D eigenvalue weighted by Gasteiger charge is 2.25. The maximum Gasteiger partial charge on any atom is 0.105 e. The van der Waals surface area contributed by atoms with Crippen molar-refractivity contribution in [1.82, 2.24) is 14.5 Å². The van der Waals surface area contributed by atoms with Crippen LogP contribution in [0, 0.1) is 12.8 Å². The minimum Gasteiger partial charge on any atom is -0.388 e. The number of aliphatic hydroxyl groups is 1. The van der Waals surface area contributed by atoms with E-state index in [-0.39, 0.29) is 6.10 Å². The Kier molecular flexibility index (Phi) is 5.93. The summed E-state index contributed by atoms with van der Waals surface area (Å²) in [6.07, 6.45) is 6.77. The molecule has 1 unspecified atom stereocenters. The largest absolute Gasteiger partial charge is 0.388 e. The molecule has 1 atom stereocenters. The fourth-order valence-corrected chi connectivity index (χ4v) is 3.66. The maximum absolute atomic E-state index is 10.6. The summed E-state index contributed by atoms with van der Waals surface area (Å²) >= 11 is 5.92. The molecule has 3 rings (SSSR count). The van der Waals surface area contributed by atoms with Crippen LogP contribution in [0.2, 0.25) is 5.02 Å². The van der Waals surface area contributed by atoms with Crippen LogP contribution in [0.1, 0.15) is 36.8 Å². The average Bonchev–Trinajstić information content (AvgIpc) is 3.01. The third-order valence-corrected chi connectivity index (χ3v) is 5.34. The van der Waals surface area contributed by atoms with Gasteiger partial charge in [0.1, 0.15) is 5.82 Å². The molecule has 1 aromatic carbocycles. The Morgan fingerprint density at radius 3 is 2.54 bits per heavy atom. The molecular weight excluding hydrogens is 322 g/mol. The van der Waals surface area contributed by atoms with Gasteiger partial charge in [0.25, 0.3) is 0 Å². The van der Waals surface area contributed by atoms with Crippen molar-refractivity contribution in [2.24, 2.45) is 5.92 Å². The van der Waals surface area contributed by atoms with Crippen LogP contribution in [-0.4, -0.2) is 39.2 Å². The molecule has 1 aromatic heterocycles. The van der Waals surface area contributed by atoms with Crippen molar-refractivity contribution in [2.45, 2.75) is 38.8 Å². The number of imidazole rings is 1. The first kappa shape index (κ1) is 17.5. The fraction of sp³-hybridized carbons (Fsp3) is 0.526. The van der Waals surface area contributed by atoms with Crippen molar-refractivity contribution in [3.63, 3.8) is 0 Å².